The van der Waals surface area contributed by atoms with E-state index in [1.54, 1.807) is 54.6 Å². The number of rotatable bonds is 4. The van der Waals surface area contributed by atoms with Crippen molar-refractivity contribution in [1.29, 1.82) is 0 Å². The van der Waals surface area contributed by atoms with Crippen LogP contribution >= 0.6 is 0 Å². The minimum atomic E-state index is -4.37. The number of ether oxygens (including phenoxy) is 1. The Morgan fingerprint density at radius 3 is 2.29 bits per heavy atom. The second-order valence-corrected chi connectivity index (χ2v) is 9.12. The van der Waals surface area contributed by atoms with Gasteiger partial charge in [0.1, 0.15) is 5.75 Å². The summed E-state index contributed by atoms with van der Waals surface area (Å²) in [5.74, 6) is -0.449. The summed E-state index contributed by atoms with van der Waals surface area (Å²) in [7, 11) is -4.37. The molecule has 0 amide bonds. The number of nitrogens with zero attached hydrogens (tertiary/aromatic N) is 3. The third-order valence-corrected chi connectivity index (χ3v) is 7.09. The number of sulfonamides is 1. The molecule has 156 valence electrons. The van der Waals surface area contributed by atoms with Gasteiger partial charge in [0.25, 0.3) is 15.7 Å². The minimum absolute atomic E-state index is 0.0524. The molecule has 0 fully saturated rings. The van der Waals surface area contributed by atoms with Crippen LogP contribution in [-0.2, 0) is 15.7 Å². The van der Waals surface area contributed by atoms with Crippen molar-refractivity contribution < 1.29 is 23.1 Å². The number of aliphatic hydroxyl groups is 1. The zero-order valence-corrected chi connectivity index (χ0v) is 17.2. The molecule has 2 atom stereocenters. The Kier molecular flexibility index (Phi) is 4.05. The number of hydrogen-bond acceptors (Lipinski definition) is 7. The Morgan fingerprint density at radius 1 is 0.935 bits per heavy atom. The third kappa shape index (κ3) is 2.50. The van der Waals surface area contributed by atoms with E-state index in [2.05, 4.69) is 10.3 Å². The maximum Gasteiger partial charge on any atom is 0.338 e. The van der Waals surface area contributed by atoms with Gasteiger partial charge in [-0.2, -0.15) is 8.42 Å². The van der Waals surface area contributed by atoms with Gasteiger partial charge in [0.15, 0.2) is 0 Å². The molecule has 0 saturated heterocycles. The molecular formula is C22H17N3O5S. The molecule has 0 radical (unpaired) electrons. The minimum Gasteiger partial charge on any atom is -0.452 e. The predicted octanol–water partition coefficient (Wildman–Crippen LogP) is 3.18. The molecule has 2 aliphatic rings. The molecule has 0 bridgehead atoms. The van der Waals surface area contributed by atoms with E-state index in [0.717, 1.165) is 5.56 Å². The molecule has 1 aliphatic heterocycles. The molecule has 0 saturated carbocycles. The highest BCUT2D eigenvalue weighted by molar-refractivity contribution is 7.89. The molecule has 1 heterocycles. The lowest BCUT2D eigenvalue weighted by Gasteiger charge is -2.35. The summed E-state index contributed by atoms with van der Waals surface area (Å²) in [5.41, 5.74) is -3.78. The maximum absolute atomic E-state index is 13.5. The number of Topliss-reactive ketones (excluding diaryl/α,β-unsaturated/α-hetero) is 1. The van der Waals surface area contributed by atoms with Crippen LogP contribution in [0.1, 0.15) is 21.5 Å². The summed E-state index contributed by atoms with van der Waals surface area (Å²) >= 11 is 0. The van der Waals surface area contributed by atoms with Crippen molar-refractivity contribution >= 4 is 15.8 Å². The molecule has 3 aromatic carbocycles. The van der Waals surface area contributed by atoms with Crippen molar-refractivity contribution in [3.8, 4) is 5.75 Å². The van der Waals surface area contributed by atoms with Gasteiger partial charge in [-0.15, -0.1) is 9.53 Å². The fraction of sp³-hybridized carbons (Fsp3) is 0.136. The molecule has 2 unspecified atom stereocenters. The van der Waals surface area contributed by atoms with E-state index >= 15 is 0 Å². The number of carbonyl (C=O) groups excluding carboxylic acids is 1. The zero-order chi connectivity index (χ0) is 21.9. The van der Waals surface area contributed by atoms with Crippen LogP contribution in [0.15, 0.2) is 94.1 Å². The second-order valence-electron chi connectivity index (χ2n) is 7.36. The van der Waals surface area contributed by atoms with Crippen LogP contribution in [0.4, 0.5) is 0 Å². The number of aryl methyl sites for hydroxylation is 1. The van der Waals surface area contributed by atoms with E-state index in [1.807, 2.05) is 6.92 Å². The number of benzene rings is 3. The molecule has 1 aliphatic carbocycles. The first kappa shape index (κ1) is 19.4. The summed E-state index contributed by atoms with van der Waals surface area (Å²) in [6.07, 6.45) is 0. The fourth-order valence-electron chi connectivity index (χ4n) is 3.85. The van der Waals surface area contributed by atoms with Crippen LogP contribution < -0.4 is 4.74 Å². The third-order valence-electron chi connectivity index (χ3n) is 5.43. The van der Waals surface area contributed by atoms with Crippen molar-refractivity contribution in [1.82, 2.24) is 4.41 Å². The lowest BCUT2D eigenvalue weighted by molar-refractivity contribution is -0.144. The molecule has 8 nitrogen and oxygen atoms in total. The summed E-state index contributed by atoms with van der Waals surface area (Å²) in [6.45, 7) is 1.82. The SMILES string of the molecule is Cc1ccc(S(=O)(=O)N2N=NC3(Oc4ccccc4)C(=O)c4ccccc4C23O)cc1. The van der Waals surface area contributed by atoms with Gasteiger partial charge in [0.05, 0.1) is 4.90 Å². The zero-order valence-electron chi connectivity index (χ0n) is 16.3. The van der Waals surface area contributed by atoms with Gasteiger partial charge in [-0.05, 0) is 31.2 Å². The summed E-state index contributed by atoms with van der Waals surface area (Å²) in [6, 6.07) is 20.5. The number of fused-ring (bicyclic) bond motifs is 3. The molecular weight excluding hydrogens is 418 g/mol. The largest absolute Gasteiger partial charge is 0.452 e. The highest BCUT2D eigenvalue weighted by Gasteiger charge is 2.75. The first-order valence-electron chi connectivity index (χ1n) is 9.46. The lowest BCUT2D eigenvalue weighted by Crippen LogP contribution is -2.59. The maximum atomic E-state index is 13.5. The number of ketones is 1. The highest BCUT2D eigenvalue weighted by Crippen LogP contribution is 2.54. The van der Waals surface area contributed by atoms with E-state index < -0.39 is 27.3 Å². The molecule has 9 heteroatoms. The normalized spacial score (nSPS) is 24.2. The number of carbonyl (C=O) groups is 1. The van der Waals surface area contributed by atoms with Crippen molar-refractivity contribution in [2.75, 3.05) is 0 Å². The predicted molar refractivity (Wildman–Crippen MR) is 110 cm³/mol. The molecule has 1 N–H and O–H groups in total. The molecule has 5 rings (SSSR count). The molecule has 31 heavy (non-hydrogen) atoms. The topological polar surface area (TPSA) is 109 Å². The van der Waals surface area contributed by atoms with E-state index in [0.29, 0.717) is 4.41 Å². The van der Waals surface area contributed by atoms with Crippen molar-refractivity contribution in [2.45, 2.75) is 23.3 Å². The van der Waals surface area contributed by atoms with Crippen LogP contribution in [-0.4, -0.2) is 29.4 Å². The average Bonchev–Trinajstić information content (AvgIpc) is 3.17. The monoisotopic (exact) mass is 435 g/mol. The van der Waals surface area contributed by atoms with Gasteiger partial charge < -0.3 is 9.84 Å². The smallest absolute Gasteiger partial charge is 0.338 e. The Balaban J connectivity index is 1.71. The van der Waals surface area contributed by atoms with E-state index in [4.69, 9.17) is 4.74 Å². The first-order valence-corrected chi connectivity index (χ1v) is 10.9. The van der Waals surface area contributed by atoms with Crippen molar-refractivity contribution in [3.63, 3.8) is 0 Å². The Labute approximate surface area is 178 Å². The van der Waals surface area contributed by atoms with Crippen LogP contribution in [0, 0.1) is 6.92 Å². The fourth-order valence-corrected chi connectivity index (χ4v) is 5.24. The van der Waals surface area contributed by atoms with Gasteiger partial charge >= 0.3 is 5.72 Å². The number of hydrogen-bond donors (Lipinski definition) is 1. The molecule has 3 aromatic rings. The van der Waals surface area contributed by atoms with Crippen molar-refractivity contribution in [3.05, 3.63) is 95.6 Å². The molecule has 0 aromatic heterocycles. The summed E-state index contributed by atoms with van der Waals surface area (Å²) < 4.78 is 33.3. The average molecular weight is 435 g/mol. The highest BCUT2D eigenvalue weighted by atomic mass is 32.2. The van der Waals surface area contributed by atoms with Crippen molar-refractivity contribution in [2.24, 2.45) is 10.3 Å². The van der Waals surface area contributed by atoms with Crippen LogP contribution in [0.5, 0.6) is 5.75 Å². The standard InChI is InChI=1S/C22H17N3O5S/c1-15-11-13-17(14-12-15)31(28,29)25-22(27)19-10-6-5-9-18(19)20(26)21(22,23-24-25)30-16-7-3-2-4-8-16/h2-14,27H,1H3. The summed E-state index contributed by atoms with van der Waals surface area (Å²) in [5, 5.41) is 19.6. The van der Waals surface area contributed by atoms with Gasteiger partial charge in [0, 0.05) is 11.1 Å². The molecule has 0 spiro atoms. The second kappa shape index (κ2) is 6.47. The van der Waals surface area contributed by atoms with Gasteiger partial charge in [-0.3, -0.25) is 4.79 Å². The van der Waals surface area contributed by atoms with E-state index in [9.17, 15) is 18.3 Å². The van der Waals surface area contributed by atoms with Crippen LogP contribution in [0.25, 0.3) is 0 Å². The first-order chi connectivity index (χ1) is 14.8. The Morgan fingerprint density at radius 2 is 1.58 bits per heavy atom. The Bertz CT molecular complexity index is 1320. The van der Waals surface area contributed by atoms with Crippen LogP contribution in [0.2, 0.25) is 0 Å². The van der Waals surface area contributed by atoms with Gasteiger partial charge in [-0.1, -0.05) is 65.4 Å². The van der Waals surface area contributed by atoms with E-state index in [1.165, 1.54) is 24.3 Å². The van der Waals surface area contributed by atoms with Gasteiger partial charge in [0.2, 0.25) is 5.78 Å². The van der Waals surface area contributed by atoms with E-state index in [-0.39, 0.29) is 21.8 Å². The quantitative estimate of drug-likeness (QED) is 0.677. The lowest BCUT2D eigenvalue weighted by atomic mass is 10.0. The Hall–Kier alpha value is -3.56. The summed E-state index contributed by atoms with van der Waals surface area (Å²) in [4.78, 5) is 13.3. The van der Waals surface area contributed by atoms with Crippen LogP contribution in [0.3, 0.4) is 0 Å². The number of para-hydroxylation sites is 1. The van der Waals surface area contributed by atoms with Gasteiger partial charge in [-0.25, -0.2) is 0 Å².